The van der Waals surface area contributed by atoms with Gasteiger partial charge in [-0.1, -0.05) is 12.8 Å². The minimum atomic E-state index is -0.229. The average Bonchev–Trinajstić information content (AvgIpc) is 2.96. The number of hydrogen-bond acceptors (Lipinski definition) is 3. The summed E-state index contributed by atoms with van der Waals surface area (Å²) in [7, 11) is 0. The van der Waals surface area contributed by atoms with Crippen LogP contribution in [-0.4, -0.2) is 23.4 Å². The molecule has 1 amide bonds. The van der Waals surface area contributed by atoms with Crippen LogP contribution < -0.4 is 5.73 Å². The van der Waals surface area contributed by atoms with Gasteiger partial charge in [0.1, 0.15) is 5.76 Å². The third-order valence-electron chi connectivity index (χ3n) is 3.43. The second-order valence-corrected chi connectivity index (χ2v) is 4.70. The zero-order valence-corrected chi connectivity index (χ0v) is 10.1. The molecule has 0 unspecified atom stereocenters. The van der Waals surface area contributed by atoms with Gasteiger partial charge in [0.05, 0.1) is 12.8 Å². The summed E-state index contributed by atoms with van der Waals surface area (Å²) in [4.78, 5) is 13.2. The second-order valence-electron chi connectivity index (χ2n) is 4.70. The molecular formula is C13H20N2O2. The van der Waals surface area contributed by atoms with Crippen LogP contribution in [0.5, 0.6) is 0 Å². The summed E-state index contributed by atoms with van der Waals surface area (Å²) in [6.45, 7) is 1.52. The molecule has 1 aromatic heterocycles. The zero-order valence-electron chi connectivity index (χ0n) is 10.1. The molecule has 0 radical (unpaired) electrons. The van der Waals surface area contributed by atoms with Crippen molar-refractivity contribution < 1.29 is 9.21 Å². The lowest BCUT2D eigenvalue weighted by Gasteiger charge is -2.27. The van der Waals surface area contributed by atoms with Crippen molar-refractivity contribution in [3.63, 3.8) is 0 Å². The Morgan fingerprint density at radius 2 is 2.24 bits per heavy atom. The van der Waals surface area contributed by atoms with E-state index in [0.29, 0.717) is 12.5 Å². The summed E-state index contributed by atoms with van der Waals surface area (Å²) in [5.41, 5.74) is 5.22. The van der Waals surface area contributed by atoms with Crippen molar-refractivity contribution >= 4 is 5.91 Å². The lowest BCUT2D eigenvalue weighted by Crippen LogP contribution is -2.35. The number of carbonyl (C=O) groups is 1. The molecule has 94 valence electrons. The smallest absolute Gasteiger partial charge is 0.218 e. The molecule has 0 bridgehead atoms. The normalized spacial score (nSPS) is 16.8. The number of primary amides is 1. The van der Waals surface area contributed by atoms with Crippen molar-refractivity contribution in [3.05, 3.63) is 24.2 Å². The topological polar surface area (TPSA) is 59.5 Å². The Labute approximate surface area is 102 Å². The molecule has 4 heteroatoms. The molecule has 4 nitrogen and oxygen atoms in total. The van der Waals surface area contributed by atoms with Gasteiger partial charge in [-0.15, -0.1) is 0 Å². The van der Waals surface area contributed by atoms with Crippen LogP contribution in [0.2, 0.25) is 0 Å². The SMILES string of the molecule is NC(=O)CCN(Cc1ccco1)C1CCCC1. The predicted molar refractivity (Wildman–Crippen MR) is 65.2 cm³/mol. The van der Waals surface area contributed by atoms with Crippen molar-refractivity contribution in [2.75, 3.05) is 6.54 Å². The molecule has 1 saturated carbocycles. The fourth-order valence-corrected chi connectivity index (χ4v) is 2.52. The third kappa shape index (κ3) is 3.60. The Bertz CT molecular complexity index is 342. The maximum Gasteiger partial charge on any atom is 0.218 e. The first-order valence-corrected chi connectivity index (χ1v) is 6.30. The van der Waals surface area contributed by atoms with E-state index in [9.17, 15) is 4.79 Å². The summed E-state index contributed by atoms with van der Waals surface area (Å²) >= 11 is 0. The van der Waals surface area contributed by atoms with Crippen molar-refractivity contribution in [1.82, 2.24) is 4.90 Å². The fourth-order valence-electron chi connectivity index (χ4n) is 2.52. The maximum atomic E-state index is 10.9. The average molecular weight is 236 g/mol. The Morgan fingerprint density at radius 1 is 1.47 bits per heavy atom. The van der Waals surface area contributed by atoms with Crippen LogP contribution in [0.25, 0.3) is 0 Å². The summed E-state index contributed by atoms with van der Waals surface area (Å²) < 4.78 is 5.37. The van der Waals surface area contributed by atoms with E-state index in [4.69, 9.17) is 10.2 Å². The minimum Gasteiger partial charge on any atom is -0.468 e. The molecule has 0 aliphatic heterocycles. The minimum absolute atomic E-state index is 0.229. The highest BCUT2D eigenvalue weighted by molar-refractivity contribution is 5.73. The van der Waals surface area contributed by atoms with Gasteiger partial charge in [-0.25, -0.2) is 0 Å². The molecule has 17 heavy (non-hydrogen) atoms. The van der Waals surface area contributed by atoms with E-state index < -0.39 is 0 Å². The standard InChI is InChI=1S/C13H20N2O2/c14-13(16)7-8-15(11-4-1-2-5-11)10-12-6-3-9-17-12/h3,6,9,11H,1-2,4-5,7-8,10H2,(H2,14,16). The van der Waals surface area contributed by atoms with Gasteiger partial charge in [-0.05, 0) is 25.0 Å². The largest absolute Gasteiger partial charge is 0.468 e. The first-order chi connectivity index (χ1) is 8.25. The van der Waals surface area contributed by atoms with E-state index in [1.807, 2.05) is 12.1 Å². The van der Waals surface area contributed by atoms with Crippen molar-refractivity contribution in [2.45, 2.75) is 44.7 Å². The highest BCUT2D eigenvalue weighted by atomic mass is 16.3. The van der Waals surface area contributed by atoms with Gasteiger partial charge in [0.15, 0.2) is 0 Å². The summed E-state index contributed by atoms with van der Waals surface area (Å²) in [6, 6.07) is 4.46. The number of nitrogens with two attached hydrogens (primary N) is 1. The maximum absolute atomic E-state index is 10.9. The zero-order chi connectivity index (χ0) is 12.1. The number of amides is 1. The Kier molecular flexibility index (Phi) is 4.20. The molecule has 1 fully saturated rings. The van der Waals surface area contributed by atoms with E-state index in [1.54, 1.807) is 6.26 Å². The van der Waals surface area contributed by atoms with Gasteiger partial charge in [0.2, 0.25) is 5.91 Å². The second kappa shape index (κ2) is 5.87. The van der Waals surface area contributed by atoms with Crippen LogP contribution >= 0.6 is 0 Å². The summed E-state index contributed by atoms with van der Waals surface area (Å²) in [5.74, 6) is 0.730. The molecule has 2 rings (SSSR count). The molecule has 1 aliphatic rings. The molecule has 1 aromatic rings. The first kappa shape index (κ1) is 12.2. The molecule has 0 spiro atoms. The highest BCUT2D eigenvalue weighted by Crippen LogP contribution is 2.25. The highest BCUT2D eigenvalue weighted by Gasteiger charge is 2.23. The number of carbonyl (C=O) groups excluding carboxylic acids is 1. The van der Waals surface area contributed by atoms with Gasteiger partial charge >= 0.3 is 0 Å². The van der Waals surface area contributed by atoms with E-state index in [1.165, 1.54) is 25.7 Å². The van der Waals surface area contributed by atoms with E-state index in [-0.39, 0.29) is 5.91 Å². The Hall–Kier alpha value is -1.29. The van der Waals surface area contributed by atoms with Gasteiger partial charge in [0.25, 0.3) is 0 Å². The van der Waals surface area contributed by atoms with Crippen LogP contribution in [-0.2, 0) is 11.3 Å². The lowest BCUT2D eigenvalue weighted by atomic mass is 10.2. The van der Waals surface area contributed by atoms with Crippen LogP contribution in [0.3, 0.4) is 0 Å². The van der Waals surface area contributed by atoms with Crippen molar-refractivity contribution in [2.24, 2.45) is 5.73 Å². The molecule has 1 heterocycles. The van der Waals surface area contributed by atoms with E-state index >= 15 is 0 Å². The monoisotopic (exact) mass is 236 g/mol. The number of rotatable bonds is 6. The van der Waals surface area contributed by atoms with Crippen molar-refractivity contribution in [3.8, 4) is 0 Å². The van der Waals surface area contributed by atoms with Gasteiger partial charge < -0.3 is 10.2 Å². The molecule has 2 N–H and O–H groups in total. The first-order valence-electron chi connectivity index (χ1n) is 6.30. The Balaban J connectivity index is 1.93. The lowest BCUT2D eigenvalue weighted by molar-refractivity contribution is -0.118. The summed E-state index contributed by atoms with van der Waals surface area (Å²) in [5, 5.41) is 0. The molecule has 0 saturated heterocycles. The third-order valence-corrected chi connectivity index (χ3v) is 3.43. The van der Waals surface area contributed by atoms with Crippen LogP contribution in [0.4, 0.5) is 0 Å². The van der Waals surface area contributed by atoms with Crippen LogP contribution in [0.15, 0.2) is 22.8 Å². The van der Waals surface area contributed by atoms with Gasteiger partial charge in [-0.2, -0.15) is 0 Å². The van der Waals surface area contributed by atoms with Crippen LogP contribution in [0, 0.1) is 0 Å². The van der Waals surface area contributed by atoms with Crippen molar-refractivity contribution in [1.29, 1.82) is 0 Å². The quantitative estimate of drug-likeness (QED) is 0.820. The van der Waals surface area contributed by atoms with Gasteiger partial charge in [0, 0.05) is 19.0 Å². The van der Waals surface area contributed by atoms with Gasteiger partial charge in [-0.3, -0.25) is 9.69 Å². The molecule has 0 aromatic carbocycles. The number of furan rings is 1. The predicted octanol–water partition coefficient (Wildman–Crippen LogP) is 1.90. The van der Waals surface area contributed by atoms with E-state index in [2.05, 4.69) is 4.90 Å². The molecule has 0 atom stereocenters. The number of hydrogen-bond donors (Lipinski definition) is 1. The fraction of sp³-hybridized carbons (Fsp3) is 0.615. The Morgan fingerprint density at radius 3 is 2.82 bits per heavy atom. The molecule has 1 aliphatic carbocycles. The van der Waals surface area contributed by atoms with E-state index in [0.717, 1.165) is 18.8 Å². The van der Waals surface area contributed by atoms with Crippen LogP contribution in [0.1, 0.15) is 37.9 Å². The number of nitrogens with zero attached hydrogens (tertiary/aromatic N) is 1. The molecular weight excluding hydrogens is 216 g/mol. The summed E-state index contributed by atoms with van der Waals surface area (Å²) in [6.07, 6.45) is 7.14.